The monoisotopic (exact) mass is 524 g/mol. The van der Waals surface area contributed by atoms with E-state index in [2.05, 4.69) is 13.2 Å². The fraction of sp³-hybridized carbons (Fsp3) is 0.567. The number of carbonyl (C=O) groups excluding carboxylic acids is 3. The van der Waals surface area contributed by atoms with Crippen molar-refractivity contribution in [1.82, 2.24) is 4.90 Å². The van der Waals surface area contributed by atoms with Crippen LogP contribution in [-0.4, -0.2) is 71.8 Å². The predicted octanol–water partition coefficient (Wildman–Crippen LogP) is 3.48. The van der Waals surface area contributed by atoms with E-state index in [9.17, 15) is 14.4 Å². The summed E-state index contributed by atoms with van der Waals surface area (Å²) in [6.45, 7) is 12.3. The van der Waals surface area contributed by atoms with Crippen molar-refractivity contribution in [3.8, 4) is 0 Å². The zero-order valence-corrected chi connectivity index (χ0v) is 22.6. The molecule has 8 nitrogen and oxygen atoms in total. The molecule has 2 bridgehead atoms. The van der Waals surface area contributed by atoms with E-state index in [1.807, 2.05) is 32.0 Å². The fourth-order valence-corrected chi connectivity index (χ4v) is 6.73. The van der Waals surface area contributed by atoms with E-state index in [1.54, 1.807) is 15.9 Å². The second kappa shape index (κ2) is 11.8. The van der Waals surface area contributed by atoms with Gasteiger partial charge >= 0.3 is 5.97 Å². The van der Waals surface area contributed by atoms with Gasteiger partial charge in [-0.1, -0.05) is 49.8 Å². The lowest BCUT2D eigenvalue weighted by Gasteiger charge is -2.37. The Labute approximate surface area is 225 Å². The number of aryl methyl sites for hydroxylation is 2. The Kier molecular flexibility index (Phi) is 8.73. The number of likely N-dealkylation sites (tertiary alicyclic amines) is 1. The quantitative estimate of drug-likeness (QED) is 0.241. The number of hydrogen-bond donors (Lipinski definition) is 1. The third kappa shape index (κ3) is 4.80. The molecule has 1 spiro atoms. The van der Waals surface area contributed by atoms with E-state index in [0.717, 1.165) is 29.7 Å². The average Bonchev–Trinajstić information content (AvgIpc) is 3.53. The molecule has 2 unspecified atom stereocenters. The van der Waals surface area contributed by atoms with Gasteiger partial charge in [-0.15, -0.1) is 6.58 Å². The number of carbonyl (C=O) groups is 3. The third-order valence-electron chi connectivity index (χ3n) is 8.24. The van der Waals surface area contributed by atoms with Crippen LogP contribution in [0.3, 0.4) is 0 Å². The first-order valence-corrected chi connectivity index (χ1v) is 13.7. The Balaban J connectivity index is 1.73. The summed E-state index contributed by atoms with van der Waals surface area (Å²) in [7, 11) is 0. The topological polar surface area (TPSA) is 96.4 Å². The zero-order chi connectivity index (χ0) is 27.4. The lowest BCUT2D eigenvalue weighted by atomic mass is 9.70. The number of unbranched alkanes of at least 4 members (excludes halogenated alkanes) is 3. The Bertz CT molecular complexity index is 1070. The van der Waals surface area contributed by atoms with Gasteiger partial charge in [0.05, 0.1) is 17.9 Å². The summed E-state index contributed by atoms with van der Waals surface area (Å²) in [5, 5.41) is 9.13. The third-order valence-corrected chi connectivity index (χ3v) is 8.24. The molecule has 3 heterocycles. The SMILES string of the molecule is C=CCOC(=O)[C@@H]1[C@H]2C(=O)N(CCCCCCO)C(C(=O)N(CC=C)c3c(C)cccc3C)C23CC[C@H]1O3. The van der Waals surface area contributed by atoms with Gasteiger partial charge in [0.25, 0.3) is 5.91 Å². The molecule has 0 saturated carbocycles. The molecular weight excluding hydrogens is 484 g/mol. The number of aliphatic hydroxyl groups excluding tert-OH is 1. The van der Waals surface area contributed by atoms with E-state index in [1.165, 1.54) is 6.08 Å². The van der Waals surface area contributed by atoms with Gasteiger partial charge in [0.15, 0.2) is 0 Å². The van der Waals surface area contributed by atoms with Gasteiger partial charge in [-0.2, -0.15) is 0 Å². The second-order valence-corrected chi connectivity index (χ2v) is 10.6. The number of benzene rings is 1. The largest absolute Gasteiger partial charge is 0.461 e. The van der Waals surface area contributed by atoms with Crippen LogP contribution in [0.5, 0.6) is 0 Å². The number of nitrogens with zero attached hydrogens (tertiary/aromatic N) is 2. The highest BCUT2D eigenvalue weighted by atomic mass is 16.6. The average molecular weight is 525 g/mol. The van der Waals surface area contributed by atoms with E-state index in [4.69, 9.17) is 14.6 Å². The van der Waals surface area contributed by atoms with Gasteiger partial charge in [-0.3, -0.25) is 14.4 Å². The summed E-state index contributed by atoms with van der Waals surface area (Å²) in [6.07, 6.45) is 6.93. The first kappa shape index (κ1) is 28.0. The molecule has 1 aromatic rings. The number of para-hydroxylation sites is 1. The minimum Gasteiger partial charge on any atom is -0.461 e. The number of amides is 2. The van der Waals surface area contributed by atoms with Crippen molar-refractivity contribution >= 4 is 23.5 Å². The second-order valence-electron chi connectivity index (χ2n) is 10.6. The van der Waals surface area contributed by atoms with Crippen LogP contribution in [0.4, 0.5) is 5.69 Å². The van der Waals surface area contributed by atoms with Crippen LogP contribution in [0.2, 0.25) is 0 Å². The summed E-state index contributed by atoms with van der Waals surface area (Å²) >= 11 is 0. The Morgan fingerprint density at radius 3 is 2.55 bits per heavy atom. The number of aliphatic hydroxyl groups is 1. The lowest BCUT2D eigenvalue weighted by molar-refractivity contribution is -0.154. The highest BCUT2D eigenvalue weighted by molar-refractivity contribution is 6.05. The Morgan fingerprint density at radius 1 is 1.18 bits per heavy atom. The zero-order valence-electron chi connectivity index (χ0n) is 22.6. The van der Waals surface area contributed by atoms with Crippen molar-refractivity contribution in [3.63, 3.8) is 0 Å². The molecule has 0 radical (unpaired) electrons. The molecule has 3 aliphatic rings. The standard InChI is InChI=1S/C30H40N2O6/c1-5-16-31(25-20(3)12-11-13-21(25)4)28(35)26-30-15-14-22(38-30)23(29(36)37-19-6-2)24(30)27(34)32(26)17-9-7-8-10-18-33/h5-6,11-13,22-24,26,33H,1-2,7-10,14-19H2,3-4H3/t22-,23+,24+,26?,30?/m1/s1. The van der Waals surface area contributed by atoms with Crippen LogP contribution < -0.4 is 4.90 Å². The maximum absolute atomic E-state index is 14.5. The van der Waals surface area contributed by atoms with Crippen LogP contribution in [0.1, 0.15) is 49.7 Å². The lowest BCUT2D eigenvalue weighted by Crippen LogP contribution is -2.56. The molecule has 206 valence electrons. The molecule has 3 saturated heterocycles. The van der Waals surface area contributed by atoms with Gasteiger partial charge in [-0.05, 0) is 50.7 Å². The molecule has 2 amide bonds. The number of ether oxygens (including phenoxy) is 2. The van der Waals surface area contributed by atoms with Crippen molar-refractivity contribution in [2.45, 2.75) is 70.1 Å². The molecule has 38 heavy (non-hydrogen) atoms. The van der Waals surface area contributed by atoms with Gasteiger partial charge in [-0.25, -0.2) is 0 Å². The van der Waals surface area contributed by atoms with Crippen LogP contribution in [0, 0.1) is 25.7 Å². The van der Waals surface area contributed by atoms with Crippen LogP contribution in [0.25, 0.3) is 0 Å². The van der Waals surface area contributed by atoms with Gasteiger partial charge in [0.1, 0.15) is 18.2 Å². The maximum atomic E-state index is 14.5. The first-order chi connectivity index (χ1) is 18.3. The number of esters is 1. The van der Waals surface area contributed by atoms with E-state index >= 15 is 0 Å². The van der Waals surface area contributed by atoms with Crippen molar-refractivity contribution in [3.05, 3.63) is 54.6 Å². The molecule has 4 rings (SSSR count). The number of rotatable bonds is 13. The highest BCUT2D eigenvalue weighted by Gasteiger charge is 2.75. The van der Waals surface area contributed by atoms with Crippen LogP contribution in [0.15, 0.2) is 43.5 Å². The molecule has 8 heteroatoms. The van der Waals surface area contributed by atoms with Gasteiger partial charge in [0.2, 0.25) is 5.91 Å². The van der Waals surface area contributed by atoms with Gasteiger partial charge < -0.3 is 24.4 Å². The molecular formula is C30H40N2O6. The summed E-state index contributed by atoms with van der Waals surface area (Å²) in [6, 6.07) is 5.04. The van der Waals surface area contributed by atoms with Crippen molar-refractivity contribution < 1.29 is 29.0 Å². The molecule has 5 atom stereocenters. The summed E-state index contributed by atoms with van der Waals surface area (Å²) in [5.74, 6) is -2.39. The smallest absolute Gasteiger partial charge is 0.312 e. The first-order valence-electron chi connectivity index (χ1n) is 13.7. The van der Waals surface area contributed by atoms with Crippen LogP contribution in [-0.2, 0) is 23.9 Å². The van der Waals surface area contributed by atoms with Crippen LogP contribution >= 0.6 is 0 Å². The molecule has 0 aliphatic carbocycles. The molecule has 3 fully saturated rings. The molecule has 1 N–H and O–H groups in total. The summed E-state index contributed by atoms with van der Waals surface area (Å²) in [4.78, 5) is 45.0. The summed E-state index contributed by atoms with van der Waals surface area (Å²) < 4.78 is 11.9. The van der Waals surface area contributed by atoms with Crippen molar-refractivity contribution in [2.75, 3.05) is 31.2 Å². The van der Waals surface area contributed by atoms with Crippen molar-refractivity contribution in [2.24, 2.45) is 11.8 Å². The number of anilines is 1. The van der Waals surface area contributed by atoms with Crippen molar-refractivity contribution in [1.29, 1.82) is 0 Å². The van der Waals surface area contributed by atoms with E-state index in [-0.39, 0.29) is 31.6 Å². The number of hydrogen-bond acceptors (Lipinski definition) is 6. The Hall–Kier alpha value is -2.97. The van der Waals surface area contributed by atoms with E-state index < -0.39 is 35.6 Å². The maximum Gasteiger partial charge on any atom is 0.312 e. The molecule has 0 aromatic heterocycles. The van der Waals surface area contributed by atoms with Gasteiger partial charge in [0, 0.05) is 25.4 Å². The fourth-order valence-electron chi connectivity index (χ4n) is 6.73. The molecule has 3 aliphatic heterocycles. The number of fused-ring (bicyclic) bond motifs is 1. The normalized spacial score (nSPS) is 27.3. The molecule has 1 aromatic carbocycles. The highest BCUT2D eigenvalue weighted by Crippen LogP contribution is 2.59. The predicted molar refractivity (Wildman–Crippen MR) is 144 cm³/mol. The Morgan fingerprint density at radius 2 is 1.89 bits per heavy atom. The van der Waals surface area contributed by atoms with E-state index in [0.29, 0.717) is 32.2 Å². The summed E-state index contributed by atoms with van der Waals surface area (Å²) in [5.41, 5.74) is 1.65. The minimum atomic E-state index is -1.07. The minimum absolute atomic E-state index is 0.0621.